The predicted octanol–water partition coefficient (Wildman–Crippen LogP) is 5.99. The Kier molecular flexibility index (Phi) is 6.34. The molecule has 0 aliphatic carbocycles. The van der Waals surface area contributed by atoms with Gasteiger partial charge in [0.05, 0.1) is 5.52 Å². The molecule has 2 aromatic carbocycles. The van der Waals surface area contributed by atoms with Crippen LogP contribution in [0.15, 0.2) is 66.3 Å². The number of para-hydroxylation sites is 1. The first-order chi connectivity index (χ1) is 14.0. The van der Waals surface area contributed by atoms with E-state index in [2.05, 4.69) is 16.9 Å². The van der Waals surface area contributed by atoms with Crippen LogP contribution in [0.25, 0.3) is 16.5 Å². The summed E-state index contributed by atoms with van der Waals surface area (Å²) in [5, 5.41) is 4.21. The van der Waals surface area contributed by atoms with Crippen molar-refractivity contribution in [3.63, 3.8) is 0 Å². The number of allylic oxidation sites excluding steroid dienone is 2. The third kappa shape index (κ3) is 5.04. The van der Waals surface area contributed by atoms with Crippen molar-refractivity contribution in [2.45, 2.75) is 27.1 Å². The molecule has 1 aromatic heterocycles. The summed E-state index contributed by atoms with van der Waals surface area (Å²) < 4.78 is 18.3. The molecule has 0 radical (unpaired) electrons. The predicted molar refractivity (Wildman–Crippen MR) is 118 cm³/mol. The van der Waals surface area contributed by atoms with E-state index in [0.29, 0.717) is 17.4 Å². The van der Waals surface area contributed by atoms with Gasteiger partial charge in [0.25, 0.3) is 0 Å². The molecule has 1 heterocycles. The molecule has 5 nitrogen and oxygen atoms in total. The number of aryl methyl sites for hydroxylation is 1. The normalized spacial score (nSPS) is 12.9. The van der Waals surface area contributed by atoms with E-state index in [9.17, 15) is 4.39 Å². The van der Waals surface area contributed by atoms with Gasteiger partial charge in [-0.3, -0.25) is 4.99 Å². The quantitative estimate of drug-likeness (QED) is 0.503. The zero-order valence-electron chi connectivity index (χ0n) is 16.7. The molecule has 0 aliphatic rings. The van der Waals surface area contributed by atoms with E-state index in [1.54, 1.807) is 36.7 Å². The second-order valence-corrected chi connectivity index (χ2v) is 6.53. The first-order valence-electron chi connectivity index (χ1n) is 9.24. The highest BCUT2D eigenvalue weighted by molar-refractivity contribution is 5.93. The van der Waals surface area contributed by atoms with Gasteiger partial charge in [-0.05, 0) is 37.6 Å². The van der Waals surface area contributed by atoms with Gasteiger partial charge in [-0.2, -0.15) is 0 Å². The molecule has 1 N–H and O–H groups in total. The van der Waals surface area contributed by atoms with Crippen molar-refractivity contribution in [1.82, 2.24) is 9.97 Å². The molecule has 0 amide bonds. The van der Waals surface area contributed by atoms with E-state index in [4.69, 9.17) is 14.7 Å². The van der Waals surface area contributed by atoms with Crippen LogP contribution in [0.5, 0.6) is 5.75 Å². The molecule has 3 aromatic rings. The smallest absolute Gasteiger partial charge is 0.235 e. The molecule has 0 spiro atoms. The Balaban J connectivity index is 2.06. The fourth-order valence-corrected chi connectivity index (χ4v) is 2.81. The Bertz CT molecular complexity index is 1090. The van der Waals surface area contributed by atoms with Gasteiger partial charge in [0.2, 0.25) is 6.36 Å². The minimum Gasteiger partial charge on any atom is -0.461 e. The van der Waals surface area contributed by atoms with Gasteiger partial charge < -0.3 is 10.1 Å². The van der Waals surface area contributed by atoms with Crippen molar-refractivity contribution in [2.75, 3.05) is 5.32 Å². The van der Waals surface area contributed by atoms with Gasteiger partial charge >= 0.3 is 0 Å². The first-order valence-corrected chi connectivity index (χ1v) is 9.24. The number of hydrogen-bond acceptors (Lipinski definition) is 5. The number of nitrogens with one attached hydrogen (secondary N) is 1. The minimum absolute atomic E-state index is 0.439. The molecule has 0 saturated heterocycles. The van der Waals surface area contributed by atoms with E-state index in [0.717, 1.165) is 27.7 Å². The molecule has 0 aliphatic heterocycles. The van der Waals surface area contributed by atoms with Crippen LogP contribution in [0.1, 0.15) is 25.2 Å². The van der Waals surface area contributed by atoms with Gasteiger partial charge in [-0.25, -0.2) is 14.4 Å². The highest BCUT2D eigenvalue weighted by Gasteiger charge is 2.12. The van der Waals surface area contributed by atoms with Crippen molar-refractivity contribution < 1.29 is 9.13 Å². The van der Waals surface area contributed by atoms with E-state index in [-0.39, 0.29) is 0 Å². The summed E-state index contributed by atoms with van der Waals surface area (Å²) in [4.78, 5) is 13.6. The second-order valence-electron chi connectivity index (χ2n) is 6.53. The standard InChI is InChI=1S/C23H23FN4O/c1-5-12-25-14-16(3)22-27-21-15(2)8-6-11-20(21)23(28-22)26-18-9-7-10-19(13-18)29-17(4)24/h5-14,17H,1H2,2-4H3,(H,26,27,28)/b16-14+,25-12?. The van der Waals surface area contributed by atoms with Crippen molar-refractivity contribution in [3.8, 4) is 5.75 Å². The Morgan fingerprint density at radius 2 is 2.03 bits per heavy atom. The van der Waals surface area contributed by atoms with Crippen LogP contribution >= 0.6 is 0 Å². The largest absolute Gasteiger partial charge is 0.461 e. The Hall–Kier alpha value is -3.54. The van der Waals surface area contributed by atoms with Crippen LogP contribution in [0.2, 0.25) is 0 Å². The highest BCUT2D eigenvalue weighted by atomic mass is 19.1. The number of aliphatic imine (C=N–C) groups is 1. The maximum absolute atomic E-state index is 13.2. The first kappa shape index (κ1) is 20.2. The van der Waals surface area contributed by atoms with Crippen LogP contribution in [0, 0.1) is 6.92 Å². The average molecular weight is 390 g/mol. The SMILES string of the molecule is C=CC=N/C=C(\C)c1nc(Nc2cccc(OC(C)F)c2)c2cccc(C)c2n1. The number of alkyl halides is 1. The molecule has 0 fully saturated rings. The Labute approximate surface area is 169 Å². The molecular weight excluding hydrogens is 367 g/mol. The lowest BCUT2D eigenvalue weighted by Crippen LogP contribution is -2.04. The minimum atomic E-state index is -1.39. The lowest BCUT2D eigenvalue weighted by molar-refractivity contribution is 0.0861. The lowest BCUT2D eigenvalue weighted by atomic mass is 10.1. The summed E-state index contributed by atoms with van der Waals surface area (Å²) in [6.07, 6.45) is 3.52. The highest BCUT2D eigenvalue weighted by Crippen LogP contribution is 2.29. The molecule has 6 heteroatoms. The van der Waals surface area contributed by atoms with Crippen molar-refractivity contribution in [3.05, 3.63) is 72.7 Å². The summed E-state index contributed by atoms with van der Waals surface area (Å²) in [5.41, 5.74) is 3.45. The Morgan fingerprint density at radius 1 is 1.24 bits per heavy atom. The number of aromatic nitrogens is 2. The van der Waals surface area contributed by atoms with Gasteiger partial charge in [-0.1, -0.05) is 30.9 Å². The number of hydrogen-bond donors (Lipinski definition) is 1. The molecule has 0 bridgehead atoms. The van der Waals surface area contributed by atoms with Crippen molar-refractivity contribution in [1.29, 1.82) is 0 Å². The zero-order valence-corrected chi connectivity index (χ0v) is 16.7. The maximum Gasteiger partial charge on any atom is 0.235 e. The summed E-state index contributed by atoms with van der Waals surface area (Å²) in [5.74, 6) is 1.66. The molecule has 0 saturated carbocycles. The van der Waals surface area contributed by atoms with E-state index in [1.165, 1.54) is 6.92 Å². The topological polar surface area (TPSA) is 59.4 Å². The number of ether oxygens (including phenoxy) is 1. The van der Waals surface area contributed by atoms with Crippen molar-refractivity contribution >= 4 is 34.2 Å². The number of rotatable bonds is 7. The molecule has 1 unspecified atom stereocenters. The maximum atomic E-state index is 13.2. The molecule has 3 rings (SSSR count). The third-order valence-electron chi connectivity index (χ3n) is 4.14. The van der Waals surface area contributed by atoms with Crippen LogP contribution in [-0.2, 0) is 0 Å². The van der Waals surface area contributed by atoms with Gasteiger partial charge in [0, 0.05) is 42.1 Å². The van der Waals surface area contributed by atoms with Crippen LogP contribution < -0.4 is 10.1 Å². The molecule has 1 atom stereocenters. The summed E-state index contributed by atoms with van der Waals surface area (Å²) in [7, 11) is 0. The fourth-order valence-electron chi connectivity index (χ4n) is 2.81. The number of anilines is 2. The van der Waals surface area contributed by atoms with Crippen LogP contribution in [0.4, 0.5) is 15.9 Å². The summed E-state index contributed by atoms with van der Waals surface area (Å²) in [6, 6.07) is 13.0. The number of nitrogens with zero attached hydrogens (tertiary/aromatic N) is 3. The van der Waals surface area contributed by atoms with Gasteiger partial charge in [0.15, 0.2) is 5.82 Å². The number of fused-ring (bicyclic) bond motifs is 1. The zero-order chi connectivity index (χ0) is 20.8. The van der Waals surface area contributed by atoms with Crippen molar-refractivity contribution in [2.24, 2.45) is 4.99 Å². The third-order valence-corrected chi connectivity index (χ3v) is 4.14. The second kappa shape index (κ2) is 9.10. The Morgan fingerprint density at radius 3 is 2.79 bits per heavy atom. The fraction of sp³-hybridized carbons (Fsp3) is 0.174. The van der Waals surface area contributed by atoms with E-state index >= 15 is 0 Å². The van der Waals surface area contributed by atoms with Gasteiger partial charge in [0.1, 0.15) is 11.6 Å². The van der Waals surface area contributed by atoms with E-state index in [1.807, 2.05) is 38.1 Å². The summed E-state index contributed by atoms with van der Waals surface area (Å²) in [6.45, 7) is 8.87. The van der Waals surface area contributed by atoms with Crippen LogP contribution in [-0.4, -0.2) is 22.5 Å². The van der Waals surface area contributed by atoms with Crippen LogP contribution in [0.3, 0.4) is 0 Å². The average Bonchev–Trinajstić information content (AvgIpc) is 2.68. The number of benzene rings is 2. The molecule has 29 heavy (non-hydrogen) atoms. The van der Waals surface area contributed by atoms with E-state index < -0.39 is 6.36 Å². The summed E-state index contributed by atoms with van der Waals surface area (Å²) >= 11 is 0. The lowest BCUT2D eigenvalue weighted by Gasteiger charge is -2.13. The molecule has 148 valence electrons. The monoisotopic (exact) mass is 390 g/mol. The number of halogens is 1. The van der Waals surface area contributed by atoms with Gasteiger partial charge in [-0.15, -0.1) is 0 Å². The molecular formula is C23H23FN4O.